The van der Waals surface area contributed by atoms with Crippen molar-refractivity contribution in [3.05, 3.63) is 35.4 Å². The first-order chi connectivity index (χ1) is 9.90. The van der Waals surface area contributed by atoms with Crippen LogP contribution in [0.1, 0.15) is 30.9 Å². The molecule has 0 bridgehead atoms. The molecule has 2 rings (SSSR count). The van der Waals surface area contributed by atoms with E-state index in [1.54, 1.807) is 6.07 Å². The summed E-state index contributed by atoms with van der Waals surface area (Å²) >= 11 is 0. The summed E-state index contributed by atoms with van der Waals surface area (Å²) in [6.07, 6.45) is -2.50. The average molecular weight is 301 g/mol. The third kappa shape index (κ3) is 4.45. The lowest BCUT2D eigenvalue weighted by Gasteiger charge is -2.36. The van der Waals surface area contributed by atoms with E-state index in [0.717, 1.165) is 32.1 Å². The predicted octanol–water partition coefficient (Wildman–Crippen LogP) is 3.34. The van der Waals surface area contributed by atoms with Crippen LogP contribution in [0.2, 0.25) is 0 Å². The van der Waals surface area contributed by atoms with Crippen molar-refractivity contribution >= 4 is 0 Å². The van der Waals surface area contributed by atoms with Crippen LogP contribution in [-0.4, -0.2) is 35.7 Å². The third-order valence-electron chi connectivity index (χ3n) is 4.07. The Bertz CT molecular complexity index is 461. The van der Waals surface area contributed by atoms with Gasteiger partial charge in [0.25, 0.3) is 0 Å². The molecule has 0 radical (unpaired) electrons. The summed E-state index contributed by atoms with van der Waals surface area (Å²) in [6, 6.07) is 5.44. The molecule has 0 saturated carbocycles. The Morgan fingerprint density at radius 1 is 1.33 bits per heavy atom. The van der Waals surface area contributed by atoms with Gasteiger partial charge in [-0.25, -0.2) is 0 Å². The van der Waals surface area contributed by atoms with Crippen LogP contribution in [0.3, 0.4) is 0 Å². The Labute approximate surface area is 123 Å². The zero-order chi connectivity index (χ0) is 15.5. The zero-order valence-corrected chi connectivity index (χ0v) is 12.2. The molecule has 1 saturated heterocycles. The maximum absolute atomic E-state index is 12.7. The number of hydrogen-bond acceptors (Lipinski definition) is 2. The lowest BCUT2D eigenvalue weighted by atomic mass is 9.88. The summed E-state index contributed by atoms with van der Waals surface area (Å²) < 4.78 is 38.2. The topological polar surface area (TPSA) is 23.5 Å². The number of halogens is 3. The van der Waals surface area contributed by atoms with Gasteiger partial charge in [-0.15, -0.1) is 0 Å². The van der Waals surface area contributed by atoms with Gasteiger partial charge in [-0.05, 0) is 37.4 Å². The van der Waals surface area contributed by atoms with Gasteiger partial charge in [0, 0.05) is 19.0 Å². The van der Waals surface area contributed by atoms with Crippen LogP contribution in [0.25, 0.3) is 0 Å². The smallest absolute Gasteiger partial charge is 0.393 e. The molecule has 2 unspecified atom stereocenters. The maximum atomic E-state index is 12.7. The van der Waals surface area contributed by atoms with E-state index in [0.29, 0.717) is 18.4 Å². The van der Waals surface area contributed by atoms with Gasteiger partial charge in [-0.3, -0.25) is 0 Å². The van der Waals surface area contributed by atoms with E-state index in [2.05, 4.69) is 11.8 Å². The predicted molar refractivity (Wildman–Crippen MR) is 76.0 cm³/mol. The van der Waals surface area contributed by atoms with Gasteiger partial charge in [0.15, 0.2) is 0 Å². The number of aliphatic hydroxyl groups is 1. The van der Waals surface area contributed by atoms with Crippen LogP contribution in [0, 0.1) is 5.92 Å². The molecule has 21 heavy (non-hydrogen) atoms. The van der Waals surface area contributed by atoms with Crippen molar-refractivity contribution in [2.24, 2.45) is 5.92 Å². The summed E-state index contributed by atoms with van der Waals surface area (Å²) in [5.74, 6) is 0.00813. The van der Waals surface area contributed by atoms with E-state index >= 15 is 0 Å². The molecule has 0 amide bonds. The summed E-state index contributed by atoms with van der Waals surface area (Å²) in [4.78, 5) is 2.28. The van der Waals surface area contributed by atoms with Crippen molar-refractivity contribution in [1.29, 1.82) is 0 Å². The van der Waals surface area contributed by atoms with Crippen LogP contribution in [0.15, 0.2) is 24.3 Å². The normalized spacial score (nSPS) is 24.2. The van der Waals surface area contributed by atoms with Gasteiger partial charge >= 0.3 is 6.18 Å². The van der Waals surface area contributed by atoms with Crippen LogP contribution in [0.4, 0.5) is 13.2 Å². The fraction of sp³-hybridized carbons (Fsp3) is 0.625. The van der Waals surface area contributed by atoms with Crippen LogP contribution < -0.4 is 0 Å². The summed E-state index contributed by atoms with van der Waals surface area (Å²) in [5.41, 5.74) is 0.0305. The van der Waals surface area contributed by atoms with Gasteiger partial charge in [0.05, 0.1) is 11.7 Å². The number of hydrogen-bond donors (Lipinski definition) is 1. The lowest BCUT2D eigenvalue weighted by molar-refractivity contribution is -0.137. The van der Waals surface area contributed by atoms with E-state index in [1.165, 1.54) is 12.1 Å². The van der Waals surface area contributed by atoms with Crippen molar-refractivity contribution in [2.75, 3.05) is 19.6 Å². The molecule has 5 heteroatoms. The van der Waals surface area contributed by atoms with Gasteiger partial charge in [-0.1, -0.05) is 25.1 Å². The highest BCUT2D eigenvalue weighted by molar-refractivity contribution is 5.26. The van der Waals surface area contributed by atoms with Crippen LogP contribution >= 0.6 is 0 Å². The van der Waals surface area contributed by atoms with Crippen molar-refractivity contribution in [1.82, 2.24) is 4.90 Å². The first-order valence-corrected chi connectivity index (χ1v) is 7.46. The largest absolute Gasteiger partial charge is 0.416 e. The highest BCUT2D eigenvalue weighted by Crippen LogP contribution is 2.30. The number of piperidine rings is 1. The lowest BCUT2D eigenvalue weighted by Crippen LogP contribution is -2.44. The number of likely N-dealkylation sites (tertiary alicyclic amines) is 1. The number of benzene rings is 1. The minimum atomic E-state index is -4.31. The monoisotopic (exact) mass is 301 g/mol. The van der Waals surface area contributed by atoms with Gasteiger partial charge < -0.3 is 10.0 Å². The van der Waals surface area contributed by atoms with Crippen molar-refractivity contribution in [3.63, 3.8) is 0 Å². The Kier molecular flexibility index (Phi) is 5.27. The summed E-state index contributed by atoms with van der Waals surface area (Å²) in [5, 5.41) is 10.1. The standard InChI is InChI=1S/C16H22F3NO/c1-2-7-20-8-6-15(21)13(11-20)9-12-4-3-5-14(10-12)16(17,18)19/h3-5,10,13,15,21H,2,6-9,11H2,1H3. The van der Waals surface area contributed by atoms with Gasteiger partial charge in [-0.2, -0.15) is 13.2 Å². The Morgan fingerprint density at radius 3 is 2.76 bits per heavy atom. The van der Waals surface area contributed by atoms with Gasteiger partial charge in [0.1, 0.15) is 0 Å². The summed E-state index contributed by atoms with van der Waals surface area (Å²) in [7, 11) is 0. The Morgan fingerprint density at radius 2 is 2.10 bits per heavy atom. The fourth-order valence-corrected chi connectivity index (χ4v) is 2.99. The van der Waals surface area contributed by atoms with E-state index in [4.69, 9.17) is 0 Å². The molecule has 2 nitrogen and oxygen atoms in total. The van der Waals surface area contributed by atoms with Crippen LogP contribution in [-0.2, 0) is 12.6 Å². The Balaban J connectivity index is 2.06. The molecule has 118 valence electrons. The molecular formula is C16H22F3NO. The first-order valence-electron chi connectivity index (χ1n) is 7.46. The molecule has 1 aliphatic rings. The van der Waals surface area contributed by atoms with Crippen molar-refractivity contribution in [2.45, 2.75) is 38.5 Å². The second-order valence-corrected chi connectivity index (χ2v) is 5.82. The molecule has 1 aliphatic heterocycles. The molecule has 0 aliphatic carbocycles. The number of aliphatic hydroxyl groups excluding tert-OH is 1. The summed E-state index contributed by atoms with van der Waals surface area (Å²) in [6.45, 7) is 4.71. The quantitative estimate of drug-likeness (QED) is 0.922. The van der Waals surface area contributed by atoms with E-state index < -0.39 is 17.8 Å². The molecule has 1 N–H and O–H groups in total. The van der Waals surface area contributed by atoms with E-state index in [9.17, 15) is 18.3 Å². The van der Waals surface area contributed by atoms with E-state index in [1.807, 2.05) is 0 Å². The average Bonchev–Trinajstić information content (AvgIpc) is 2.42. The molecule has 1 fully saturated rings. The second kappa shape index (κ2) is 6.79. The number of alkyl halides is 3. The van der Waals surface area contributed by atoms with E-state index in [-0.39, 0.29) is 5.92 Å². The zero-order valence-electron chi connectivity index (χ0n) is 12.2. The number of nitrogens with zero attached hydrogens (tertiary/aromatic N) is 1. The van der Waals surface area contributed by atoms with Crippen LogP contribution in [0.5, 0.6) is 0 Å². The fourth-order valence-electron chi connectivity index (χ4n) is 2.99. The highest BCUT2D eigenvalue weighted by atomic mass is 19.4. The third-order valence-corrected chi connectivity index (χ3v) is 4.07. The minimum absolute atomic E-state index is 0.00813. The SMILES string of the molecule is CCCN1CCC(O)C(Cc2cccc(C(F)(F)F)c2)C1. The maximum Gasteiger partial charge on any atom is 0.416 e. The second-order valence-electron chi connectivity index (χ2n) is 5.82. The number of rotatable bonds is 4. The first kappa shape index (κ1) is 16.3. The molecule has 0 spiro atoms. The van der Waals surface area contributed by atoms with Gasteiger partial charge in [0.2, 0.25) is 0 Å². The minimum Gasteiger partial charge on any atom is -0.393 e. The highest BCUT2D eigenvalue weighted by Gasteiger charge is 2.31. The van der Waals surface area contributed by atoms with Crippen molar-refractivity contribution in [3.8, 4) is 0 Å². The molecule has 1 aromatic rings. The van der Waals surface area contributed by atoms with Crippen molar-refractivity contribution < 1.29 is 18.3 Å². The Hall–Kier alpha value is -1.07. The molecule has 1 heterocycles. The molecule has 1 aromatic carbocycles. The molecule has 2 atom stereocenters. The molecular weight excluding hydrogens is 279 g/mol. The molecule has 0 aromatic heterocycles.